The van der Waals surface area contributed by atoms with Gasteiger partial charge in [0.2, 0.25) is 5.91 Å². The van der Waals surface area contributed by atoms with Crippen molar-refractivity contribution in [1.29, 1.82) is 0 Å². The molecule has 0 radical (unpaired) electrons. The van der Waals surface area contributed by atoms with Crippen LogP contribution in [0, 0.1) is 11.8 Å². The highest BCUT2D eigenvalue weighted by molar-refractivity contribution is 5.79. The molecule has 0 spiro atoms. The topological polar surface area (TPSA) is 69.1 Å². The molecule has 4 N–H and O–H groups in total. The Morgan fingerprint density at radius 3 is 2.67 bits per heavy atom. The molecule has 0 fully saturated rings. The molecule has 0 aromatic heterocycles. The predicted molar refractivity (Wildman–Crippen MR) is 35.2 cm³/mol. The monoisotopic (exact) mass is 126 g/mol. The Labute approximate surface area is 54.4 Å². The van der Waals surface area contributed by atoms with Crippen LogP contribution in [0.3, 0.4) is 0 Å². The van der Waals surface area contributed by atoms with Gasteiger partial charge < -0.3 is 11.5 Å². The third-order valence-electron chi connectivity index (χ3n) is 0.864. The molecular formula is C6H10N2O. The van der Waals surface area contributed by atoms with Crippen LogP contribution >= 0.6 is 0 Å². The first-order valence-corrected chi connectivity index (χ1v) is 2.63. The van der Waals surface area contributed by atoms with E-state index in [-0.39, 0.29) is 0 Å². The van der Waals surface area contributed by atoms with Gasteiger partial charge in [-0.05, 0) is 6.92 Å². The lowest BCUT2D eigenvalue weighted by Gasteiger charge is -1.98. The fraction of sp³-hybridized carbons (Fsp3) is 0.500. The summed E-state index contributed by atoms with van der Waals surface area (Å²) in [4.78, 5) is 10.2. The van der Waals surface area contributed by atoms with Crippen molar-refractivity contribution in [3.8, 4) is 11.8 Å². The lowest BCUT2D eigenvalue weighted by Crippen LogP contribution is -2.35. The summed E-state index contributed by atoms with van der Waals surface area (Å²) in [7, 11) is 0. The number of primary amides is 1. The Hall–Kier alpha value is -1.01. The van der Waals surface area contributed by atoms with E-state index < -0.39 is 11.9 Å². The van der Waals surface area contributed by atoms with E-state index in [0.717, 1.165) is 0 Å². The minimum absolute atomic E-state index is 0.353. The van der Waals surface area contributed by atoms with Crippen LogP contribution in [0.2, 0.25) is 0 Å². The Bertz CT molecular complexity index is 154. The molecule has 0 rings (SSSR count). The number of amides is 1. The summed E-state index contributed by atoms with van der Waals surface area (Å²) in [5.41, 5.74) is 10.1. The Morgan fingerprint density at radius 2 is 2.33 bits per heavy atom. The number of nitrogens with two attached hydrogens (primary N) is 2. The van der Waals surface area contributed by atoms with Crippen LogP contribution in [0.4, 0.5) is 0 Å². The highest BCUT2D eigenvalue weighted by Gasteiger charge is 2.04. The quantitative estimate of drug-likeness (QED) is 0.476. The van der Waals surface area contributed by atoms with Gasteiger partial charge in [0.1, 0.15) is 0 Å². The van der Waals surface area contributed by atoms with Crippen molar-refractivity contribution in [3.63, 3.8) is 0 Å². The second kappa shape index (κ2) is 3.93. The molecular weight excluding hydrogens is 116 g/mol. The molecule has 0 aromatic rings. The molecule has 0 aliphatic rings. The molecule has 0 aliphatic carbocycles. The van der Waals surface area contributed by atoms with Crippen LogP contribution in [0.15, 0.2) is 0 Å². The normalized spacial score (nSPS) is 11.3. The molecule has 9 heavy (non-hydrogen) atoms. The van der Waals surface area contributed by atoms with Gasteiger partial charge in [-0.3, -0.25) is 4.79 Å². The fourth-order valence-corrected chi connectivity index (χ4v) is 0.313. The standard InChI is InChI=1S/C6H10N2O/c1-2-3-4-5(7)6(8)9/h5H,4,7H2,1H3,(H2,8,9)/t5-/m1/s1. The maximum Gasteiger partial charge on any atom is 0.235 e. The van der Waals surface area contributed by atoms with Crippen molar-refractivity contribution in [1.82, 2.24) is 0 Å². The summed E-state index contributed by atoms with van der Waals surface area (Å²) in [5.74, 6) is 4.77. The van der Waals surface area contributed by atoms with Crippen LogP contribution in [-0.4, -0.2) is 11.9 Å². The molecule has 0 aliphatic heterocycles. The summed E-state index contributed by atoms with van der Waals surface area (Å²) < 4.78 is 0. The maximum absolute atomic E-state index is 10.2. The van der Waals surface area contributed by atoms with E-state index in [1.165, 1.54) is 0 Å². The van der Waals surface area contributed by atoms with Crippen LogP contribution in [0.25, 0.3) is 0 Å². The van der Waals surface area contributed by atoms with E-state index in [0.29, 0.717) is 6.42 Å². The molecule has 3 heteroatoms. The van der Waals surface area contributed by atoms with Gasteiger partial charge in [0.15, 0.2) is 0 Å². The summed E-state index contributed by atoms with van der Waals surface area (Å²) in [6.07, 6.45) is 0.353. The average Bonchev–Trinajstić information content (AvgIpc) is 1.82. The Balaban J connectivity index is 3.59. The molecule has 0 saturated carbocycles. The van der Waals surface area contributed by atoms with E-state index >= 15 is 0 Å². The minimum atomic E-state index is -0.613. The zero-order valence-corrected chi connectivity index (χ0v) is 5.35. The number of carbonyl (C=O) groups is 1. The SMILES string of the molecule is CC#CC[C@@H](N)C(N)=O. The van der Waals surface area contributed by atoms with Gasteiger partial charge in [-0.2, -0.15) is 0 Å². The molecule has 0 saturated heterocycles. The van der Waals surface area contributed by atoms with Crippen molar-refractivity contribution in [2.24, 2.45) is 11.5 Å². The third-order valence-corrected chi connectivity index (χ3v) is 0.864. The lowest BCUT2D eigenvalue weighted by atomic mass is 10.2. The van der Waals surface area contributed by atoms with Crippen molar-refractivity contribution in [2.75, 3.05) is 0 Å². The van der Waals surface area contributed by atoms with E-state index in [1.54, 1.807) is 6.92 Å². The van der Waals surface area contributed by atoms with Crippen molar-refractivity contribution in [2.45, 2.75) is 19.4 Å². The van der Waals surface area contributed by atoms with Crippen molar-refractivity contribution < 1.29 is 4.79 Å². The molecule has 0 bridgehead atoms. The zero-order chi connectivity index (χ0) is 7.28. The Kier molecular flexibility index (Phi) is 3.49. The van der Waals surface area contributed by atoms with Crippen molar-refractivity contribution in [3.05, 3.63) is 0 Å². The van der Waals surface area contributed by atoms with Crippen LogP contribution in [0.1, 0.15) is 13.3 Å². The second-order valence-electron chi connectivity index (χ2n) is 1.64. The highest BCUT2D eigenvalue weighted by Crippen LogP contribution is 1.81. The zero-order valence-electron chi connectivity index (χ0n) is 5.35. The summed E-state index contributed by atoms with van der Waals surface area (Å²) in [5, 5.41) is 0. The first-order chi connectivity index (χ1) is 4.18. The second-order valence-corrected chi connectivity index (χ2v) is 1.64. The summed E-state index contributed by atoms with van der Waals surface area (Å²) in [6.45, 7) is 1.69. The number of hydrogen-bond acceptors (Lipinski definition) is 2. The van der Waals surface area contributed by atoms with Gasteiger partial charge in [-0.25, -0.2) is 0 Å². The van der Waals surface area contributed by atoms with Gasteiger partial charge in [0.25, 0.3) is 0 Å². The predicted octanol–water partition coefficient (Wildman–Crippen LogP) is -0.788. The first kappa shape index (κ1) is 7.99. The molecule has 1 amide bonds. The van der Waals surface area contributed by atoms with Gasteiger partial charge >= 0.3 is 0 Å². The molecule has 50 valence electrons. The summed E-state index contributed by atoms with van der Waals surface area (Å²) >= 11 is 0. The number of rotatable bonds is 2. The van der Waals surface area contributed by atoms with E-state index in [2.05, 4.69) is 11.8 Å². The van der Waals surface area contributed by atoms with E-state index in [4.69, 9.17) is 11.5 Å². The number of carbonyl (C=O) groups excluding carboxylic acids is 1. The minimum Gasteiger partial charge on any atom is -0.368 e. The largest absolute Gasteiger partial charge is 0.368 e. The van der Waals surface area contributed by atoms with Gasteiger partial charge in [-0.1, -0.05) is 0 Å². The highest BCUT2D eigenvalue weighted by atomic mass is 16.1. The van der Waals surface area contributed by atoms with Gasteiger partial charge in [0, 0.05) is 6.42 Å². The van der Waals surface area contributed by atoms with Crippen LogP contribution < -0.4 is 11.5 Å². The van der Waals surface area contributed by atoms with Crippen molar-refractivity contribution >= 4 is 5.91 Å². The number of hydrogen-bond donors (Lipinski definition) is 2. The molecule has 3 nitrogen and oxygen atoms in total. The maximum atomic E-state index is 10.2. The van der Waals surface area contributed by atoms with Crippen LogP contribution in [-0.2, 0) is 4.79 Å². The van der Waals surface area contributed by atoms with Gasteiger partial charge in [0.05, 0.1) is 6.04 Å². The third kappa shape index (κ3) is 3.56. The molecule has 0 unspecified atom stereocenters. The molecule has 0 aromatic carbocycles. The fourth-order valence-electron chi connectivity index (χ4n) is 0.313. The molecule has 1 atom stereocenters. The smallest absolute Gasteiger partial charge is 0.235 e. The molecule has 0 heterocycles. The lowest BCUT2D eigenvalue weighted by molar-refractivity contribution is -0.119. The van der Waals surface area contributed by atoms with Gasteiger partial charge in [-0.15, -0.1) is 11.8 Å². The van der Waals surface area contributed by atoms with Crippen LogP contribution in [0.5, 0.6) is 0 Å². The Morgan fingerprint density at radius 1 is 1.78 bits per heavy atom. The van der Waals surface area contributed by atoms with E-state index in [9.17, 15) is 4.79 Å². The van der Waals surface area contributed by atoms with E-state index in [1.807, 2.05) is 0 Å². The average molecular weight is 126 g/mol. The first-order valence-electron chi connectivity index (χ1n) is 2.63. The summed E-state index contributed by atoms with van der Waals surface area (Å²) in [6, 6.07) is -0.613.